The molecule has 0 aromatic heterocycles. The van der Waals surface area contributed by atoms with Crippen LogP contribution < -0.4 is 9.80 Å². The van der Waals surface area contributed by atoms with Crippen molar-refractivity contribution >= 4 is 62.5 Å². The van der Waals surface area contributed by atoms with Gasteiger partial charge in [-0.1, -0.05) is 85.3 Å². The standard InChI is InChI=1S/C37H30N2O6/c1-4-45-36(44)29-19(2)26-27-30(34(42)38(32(27)40)24-17-9-13-20-11-5-7-15-22(20)24)37(29,3)31-28(26)33(41)39(35(31)43)25-18-10-14-21-12-6-8-16-23(21)25/h5-18,26-28,30-31H,4H2,1-3H3/t26?,27-,28+,30+,31?,37?/m1/s1. The number of hydrogen-bond acceptors (Lipinski definition) is 6. The smallest absolute Gasteiger partial charge is 0.334 e. The summed E-state index contributed by atoms with van der Waals surface area (Å²) in [6.45, 7) is 5.26. The van der Waals surface area contributed by atoms with Crippen molar-refractivity contribution in [3.8, 4) is 0 Å². The Labute approximate surface area is 259 Å². The number of benzene rings is 4. The Bertz CT molecular complexity index is 1930. The lowest BCUT2D eigenvalue weighted by atomic mass is 9.43. The van der Waals surface area contributed by atoms with E-state index >= 15 is 0 Å². The molecule has 45 heavy (non-hydrogen) atoms. The van der Waals surface area contributed by atoms with Crippen molar-refractivity contribution in [1.29, 1.82) is 0 Å². The van der Waals surface area contributed by atoms with Crippen LogP contribution >= 0.6 is 0 Å². The average Bonchev–Trinajstić information content (AvgIpc) is 3.46. The molecule has 5 aliphatic rings. The maximum atomic E-state index is 14.6. The van der Waals surface area contributed by atoms with E-state index in [1.54, 1.807) is 45.0 Å². The Morgan fingerprint density at radius 1 is 0.667 bits per heavy atom. The third kappa shape index (κ3) is 3.34. The molecule has 0 spiro atoms. The predicted molar refractivity (Wildman–Crippen MR) is 168 cm³/mol. The first-order valence-electron chi connectivity index (χ1n) is 15.3. The van der Waals surface area contributed by atoms with Gasteiger partial charge in [0.1, 0.15) is 0 Å². The number of esters is 1. The number of anilines is 2. The highest BCUT2D eigenvalue weighted by Gasteiger charge is 2.77. The number of amides is 4. The molecule has 2 aliphatic heterocycles. The molecule has 6 atom stereocenters. The maximum absolute atomic E-state index is 14.6. The van der Waals surface area contributed by atoms with Gasteiger partial charge in [-0.15, -0.1) is 0 Å². The van der Waals surface area contributed by atoms with E-state index < -0.39 is 64.6 Å². The van der Waals surface area contributed by atoms with Crippen molar-refractivity contribution in [2.75, 3.05) is 16.4 Å². The van der Waals surface area contributed by atoms with Crippen LogP contribution in [0.5, 0.6) is 0 Å². The van der Waals surface area contributed by atoms with Crippen LogP contribution in [0.2, 0.25) is 0 Å². The molecule has 3 unspecified atom stereocenters. The van der Waals surface area contributed by atoms with Crippen molar-refractivity contribution in [1.82, 2.24) is 0 Å². The lowest BCUT2D eigenvalue weighted by Crippen LogP contribution is -2.61. The maximum Gasteiger partial charge on any atom is 0.334 e. The third-order valence-electron chi connectivity index (χ3n) is 10.7. The summed E-state index contributed by atoms with van der Waals surface area (Å²) in [5.41, 5.74) is 0.226. The van der Waals surface area contributed by atoms with Gasteiger partial charge in [-0.2, -0.15) is 0 Å². The molecule has 8 heteroatoms. The molecule has 0 radical (unpaired) electrons. The number of carbonyl (C=O) groups excluding carboxylic acids is 5. The molecule has 3 aliphatic carbocycles. The topological polar surface area (TPSA) is 101 Å². The average molecular weight is 599 g/mol. The van der Waals surface area contributed by atoms with Crippen LogP contribution in [-0.2, 0) is 28.7 Å². The SMILES string of the molecule is CCOC(=O)C1=C(C)C2[C@@H]3C(=O)N(c4cccc5ccccc45)C(=O)C3C1(C)[C@@H]1C(=O)N(c3cccc4ccccc34)C(=O)[C@H]21. The Kier molecular flexibility index (Phi) is 5.76. The first-order valence-corrected chi connectivity index (χ1v) is 15.3. The van der Waals surface area contributed by atoms with E-state index in [0.29, 0.717) is 16.9 Å². The van der Waals surface area contributed by atoms with E-state index in [1.807, 2.05) is 60.7 Å². The Morgan fingerprint density at radius 2 is 1.11 bits per heavy atom. The van der Waals surface area contributed by atoms with Crippen molar-refractivity contribution in [2.24, 2.45) is 35.0 Å². The fourth-order valence-corrected chi connectivity index (χ4v) is 9.09. The van der Waals surface area contributed by atoms with Crippen LogP contribution in [-0.4, -0.2) is 36.2 Å². The number of allylic oxidation sites excluding steroid dienone is 1. The minimum atomic E-state index is -1.46. The van der Waals surface area contributed by atoms with Crippen LogP contribution in [0.4, 0.5) is 11.4 Å². The van der Waals surface area contributed by atoms with Gasteiger partial charge < -0.3 is 4.74 Å². The highest BCUT2D eigenvalue weighted by molar-refractivity contribution is 6.30. The monoisotopic (exact) mass is 598 g/mol. The van der Waals surface area contributed by atoms with E-state index in [4.69, 9.17) is 4.74 Å². The van der Waals surface area contributed by atoms with Crippen molar-refractivity contribution in [3.05, 3.63) is 96.1 Å². The number of rotatable bonds is 4. The van der Waals surface area contributed by atoms with Gasteiger partial charge in [0.25, 0.3) is 0 Å². The van der Waals surface area contributed by atoms with Crippen LogP contribution in [0.15, 0.2) is 96.1 Å². The number of fused-ring (bicyclic) bond motifs is 2. The predicted octanol–water partition coefficient (Wildman–Crippen LogP) is 5.43. The van der Waals surface area contributed by atoms with Crippen LogP contribution in [0, 0.1) is 35.0 Å². The zero-order chi connectivity index (χ0) is 31.4. The summed E-state index contributed by atoms with van der Waals surface area (Å²) in [6.07, 6.45) is 0. The minimum absolute atomic E-state index is 0.0998. The number of nitrogens with zero attached hydrogens (tertiary/aromatic N) is 2. The second kappa shape index (κ2) is 9.44. The normalized spacial score (nSPS) is 28.8. The molecular weight excluding hydrogens is 568 g/mol. The number of ether oxygens (including phenoxy) is 1. The quantitative estimate of drug-likeness (QED) is 0.229. The van der Waals surface area contributed by atoms with Gasteiger partial charge in [0.2, 0.25) is 23.6 Å². The summed E-state index contributed by atoms with van der Waals surface area (Å²) >= 11 is 0. The third-order valence-corrected chi connectivity index (χ3v) is 10.7. The minimum Gasteiger partial charge on any atom is -0.463 e. The number of imide groups is 2. The lowest BCUT2D eigenvalue weighted by molar-refractivity contribution is -0.155. The summed E-state index contributed by atoms with van der Waals surface area (Å²) in [4.78, 5) is 74.5. The van der Waals surface area contributed by atoms with Gasteiger partial charge >= 0.3 is 5.97 Å². The Morgan fingerprint density at radius 3 is 1.58 bits per heavy atom. The molecule has 2 bridgehead atoms. The van der Waals surface area contributed by atoms with E-state index in [9.17, 15) is 24.0 Å². The molecule has 2 heterocycles. The summed E-state index contributed by atoms with van der Waals surface area (Å²) in [5.74, 6) is -7.08. The summed E-state index contributed by atoms with van der Waals surface area (Å²) in [6, 6.07) is 25.9. The zero-order valence-electron chi connectivity index (χ0n) is 25.0. The lowest BCUT2D eigenvalue weighted by Gasteiger charge is -2.55. The molecule has 9 rings (SSSR count). The van der Waals surface area contributed by atoms with Crippen LogP contribution in [0.3, 0.4) is 0 Å². The first-order chi connectivity index (χ1) is 21.7. The molecular formula is C37H30N2O6. The summed E-state index contributed by atoms with van der Waals surface area (Å²) in [5, 5.41) is 3.22. The van der Waals surface area contributed by atoms with Gasteiger partial charge in [0, 0.05) is 27.7 Å². The zero-order valence-corrected chi connectivity index (χ0v) is 25.0. The van der Waals surface area contributed by atoms with E-state index in [2.05, 4.69) is 0 Å². The van der Waals surface area contributed by atoms with Crippen LogP contribution in [0.1, 0.15) is 20.8 Å². The fraction of sp³-hybridized carbons (Fsp3) is 0.270. The molecule has 3 fully saturated rings. The number of carbonyl (C=O) groups is 5. The number of hydrogen-bond donors (Lipinski definition) is 0. The molecule has 2 saturated heterocycles. The molecule has 4 amide bonds. The largest absolute Gasteiger partial charge is 0.463 e. The van der Waals surface area contributed by atoms with Gasteiger partial charge in [0.05, 0.1) is 41.7 Å². The molecule has 1 saturated carbocycles. The van der Waals surface area contributed by atoms with Gasteiger partial charge in [-0.3, -0.25) is 19.2 Å². The van der Waals surface area contributed by atoms with Crippen LogP contribution in [0.25, 0.3) is 21.5 Å². The molecule has 224 valence electrons. The Hall–Kier alpha value is -5.11. The second-order valence-corrected chi connectivity index (χ2v) is 12.6. The van der Waals surface area contributed by atoms with Crippen molar-refractivity contribution in [2.45, 2.75) is 20.8 Å². The van der Waals surface area contributed by atoms with Crippen molar-refractivity contribution < 1.29 is 28.7 Å². The highest BCUT2D eigenvalue weighted by Crippen LogP contribution is 2.69. The van der Waals surface area contributed by atoms with Gasteiger partial charge in [0.15, 0.2) is 0 Å². The van der Waals surface area contributed by atoms with E-state index in [-0.39, 0.29) is 12.2 Å². The van der Waals surface area contributed by atoms with E-state index in [0.717, 1.165) is 21.5 Å². The van der Waals surface area contributed by atoms with E-state index in [1.165, 1.54) is 9.80 Å². The molecule has 8 nitrogen and oxygen atoms in total. The van der Waals surface area contributed by atoms with Crippen molar-refractivity contribution in [3.63, 3.8) is 0 Å². The Balaban J connectivity index is 1.33. The molecule has 0 N–H and O–H groups in total. The molecule has 4 aromatic rings. The molecule has 4 aromatic carbocycles. The summed E-state index contributed by atoms with van der Waals surface area (Å²) in [7, 11) is 0. The van der Waals surface area contributed by atoms with Gasteiger partial charge in [-0.05, 0) is 36.8 Å². The second-order valence-electron chi connectivity index (χ2n) is 12.6. The summed E-state index contributed by atoms with van der Waals surface area (Å²) < 4.78 is 5.51. The first kappa shape index (κ1) is 27.4. The highest BCUT2D eigenvalue weighted by atomic mass is 16.5. The van der Waals surface area contributed by atoms with Gasteiger partial charge in [-0.25, -0.2) is 14.6 Å². The fourth-order valence-electron chi connectivity index (χ4n) is 9.09.